The predicted octanol–water partition coefficient (Wildman–Crippen LogP) is 2.62. The van der Waals surface area contributed by atoms with Crippen molar-refractivity contribution in [2.24, 2.45) is 0 Å². The summed E-state index contributed by atoms with van der Waals surface area (Å²) in [4.78, 5) is 11.9. The zero-order valence-electron chi connectivity index (χ0n) is 9.69. The van der Waals surface area contributed by atoms with Crippen molar-refractivity contribution < 1.29 is 9.90 Å². The van der Waals surface area contributed by atoms with Crippen LogP contribution < -0.4 is 5.32 Å². The van der Waals surface area contributed by atoms with Gasteiger partial charge >= 0.3 is 0 Å². The van der Waals surface area contributed by atoms with Gasteiger partial charge in [0.25, 0.3) is 5.91 Å². The third kappa shape index (κ3) is 3.73. The fourth-order valence-corrected chi connectivity index (χ4v) is 4.43. The van der Waals surface area contributed by atoms with Gasteiger partial charge in [0.15, 0.2) is 0 Å². The van der Waals surface area contributed by atoms with Gasteiger partial charge in [0.05, 0.1) is 5.56 Å². The molecule has 98 valence electrons. The Hall–Kier alpha value is -0.520. The first kappa shape index (κ1) is 13.9. The van der Waals surface area contributed by atoms with E-state index >= 15 is 0 Å². The van der Waals surface area contributed by atoms with Crippen molar-refractivity contribution in [1.29, 1.82) is 0 Å². The van der Waals surface area contributed by atoms with E-state index in [1.54, 1.807) is 6.07 Å². The molecule has 1 aliphatic rings. The number of phenols is 1. The van der Waals surface area contributed by atoms with Crippen molar-refractivity contribution in [3.8, 4) is 5.75 Å². The van der Waals surface area contributed by atoms with Gasteiger partial charge in [-0.25, -0.2) is 0 Å². The molecule has 1 unspecified atom stereocenters. The summed E-state index contributed by atoms with van der Waals surface area (Å²) >= 11 is 9.61. The second kappa shape index (κ2) is 6.59. The molecule has 2 N–H and O–H groups in total. The first-order valence-electron chi connectivity index (χ1n) is 5.63. The molecule has 1 atom stereocenters. The summed E-state index contributed by atoms with van der Waals surface area (Å²) in [7, 11) is 0. The summed E-state index contributed by atoms with van der Waals surface area (Å²) in [5.74, 6) is 3.07. The molecule has 1 heterocycles. The zero-order chi connectivity index (χ0) is 13.0. The predicted molar refractivity (Wildman–Crippen MR) is 79.0 cm³/mol. The van der Waals surface area contributed by atoms with Gasteiger partial charge in [0, 0.05) is 34.1 Å². The van der Waals surface area contributed by atoms with E-state index in [0.717, 1.165) is 11.5 Å². The van der Waals surface area contributed by atoms with Gasteiger partial charge in [-0.2, -0.15) is 23.5 Å². The first-order valence-corrected chi connectivity index (χ1v) is 8.21. The van der Waals surface area contributed by atoms with E-state index in [-0.39, 0.29) is 17.2 Å². The number of rotatable bonds is 3. The quantitative estimate of drug-likeness (QED) is 0.901. The minimum atomic E-state index is -0.272. The lowest BCUT2D eigenvalue weighted by Crippen LogP contribution is -2.33. The van der Waals surface area contributed by atoms with E-state index in [4.69, 9.17) is 11.6 Å². The SMILES string of the molecule is O=C(NCC1CSCCS1)c1cc(Cl)ccc1O. The van der Waals surface area contributed by atoms with Crippen LogP contribution in [0.25, 0.3) is 0 Å². The number of carbonyl (C=O) groups is 1. The van der Waals surface area contributed by atoms with Crippen LogP contribution in [-0.2, 0) is 0 Å². The molecule has 6 heteroatoms. The average molecular weight is 304 g/mol. The Labute approximate surface area is 120 Å². The number of thioether (sulfide) groups is 2. The summed E-state index contributed by atoms with van der Waals surface area (Å²) in [5, 5.41) is 13.4. The Morgan fingerprint density at radius 3 is 3.06 bits per heavy atom. The standard InChI is InChI=1S/C12H14ClNO2S2/c13-8-1-2-11(15)10(5-8)12(16)14-6-9-7-17-3-4-18-9/h1-2,5,9,15H,3-4,6-7H2,(H,14,16). The molecule has 2 rings (SSSR count). The molecule has 1 aromatic rings. The van der Waals surface area contributed by atoms with Gasteiger partial charge in [-0.1, -0.05) is 11.6 Å². The van der Waals surface area contributed by atoms with Crippen LogP contribution in [0.5, 0.6) is 5.75 Å². The Morgan fingerprint density at radius 2 is 2.33 bits per heavy atom. The molecule has 0 spiro atoms. The van der Waals surface area contributed by atoms with Gasteiger partial charge in [-0.05, 0) is 18.2 Å². The molecule has 0 bridgehead atoms. The number of halogens is 1. The fourth-order valence-electron chi connectivity index (χ4n) is 1.65. The highest BCUT2D eigenvalue weighted by Gasteiger charge is 2.17. The molecule has 1 fully saturated rings. The smallest absolute Gasteiger partial charge is 0.255 e. The van der Waals surface area contributed by atoms with Crippen LogP contribution in [0.15, 0.2) is 18.2 Å². The molecule has 1 amide bonds. The van der Waals surface area contributed by atoms with Crippen molar-refractivity contribution in [3.63, 3.8) is 0 Å². The third-order valence-electron chi connectivity index (χ3n) is 2.58. The van der Waals surface area contributed by atoms with Crippen LogP contribution in [0.2, 0.25) is 5.02 Å². The van der Waals surface area contributed by atoms with E-state index < -0.39 is 0 Å². The third-order valence-corrected chi connectivity index (χ3v) is 5.66. The maximum absolute atomic E-state index is 11.9. The fraction of sp³-hybridized carbons (Fsp3) is 0.417. The second-order valence-electron chi connectivity index (χ2n) is 3.94. The number of hydrogen-bond acceptors (Lipinski definition) is 4. The van der Waals surface area contributed by atoms with Crippen LogP contribution in [0.3, 0.4) is 0 Å². The largest absolute Gasteiger partial charge is 0.507 e. The monoisotopic (exact) mass is 303 g/mol. The maximum atomic E-state index is 11.9. The molecule has 1 aromatic carbocycles. The Balaban J connectivity index is 1.92. The van der Waals surface area contributed by atoms with Gasteiger partial charge in [-0.15, -0.1) is 0 Å². The topological polar surface area (TPSA) is 49.3 Å². The Bertz CT molecular complexity index is 436. The van der Waals surface area contributed by atoms with Crippen molar-refractivity contribution in [2.45, 2.75) is 5.25 Å². The minimum absolute atomic E-state index is 0.0393. The van der Waals surface area contributed by atoms with Crippen molar-refractivity contribution in [3.05, 3.63) is 28.8 Å². The lowest BCUT2D eigenvalue weighted by molar-refractivity contribution is 0.0951. The highest BCUT2D eigenvalue weighted by Crippen LogP contribution is 2.24. The second-order valence-corrected chi connectivity index (χ2v) is 6.93. The Kier molecular flexibility index (Phi) is 5.09. The molecule has 1 saturated heterocycles. The number of phenolic OH excluding ortho intramolecular Hbond substituents is 1. The lowest BCUT2D eigenvalue weighted by atomic mass is 10.2. The van der Waals surface area contributed by atoms with Gasteiger partial charge in [0.2, 0.25) is 0 Å². The maximum Gasteiger partial charge on any atom is 0.255 e. The average Bonchev–Trinajstić information content (AvgIpc) is 2.40. The first-order chi connectivity index (χ1) is 8.66. The number of aromatic hydroxyl groups is 1. The van der Waals surface area contributed by atoms with Crippen LogP contribution in [0, 0.1) is 0 Å². The van der Waals surface area contributed by atoms with Crippen LogP contribution in [0.1, 0.15) is 10.4 Å². The normalized spacial score (nSPS) is 19.5. The molecular formula is C12H14ClNO2S2. The van der Waals surface area contributed by atoms with E-state index in [1.807, 2.05) is 23.5 Å². The van der Waals surface area contributed by atoms with E-state index in [1.165, 1.54) is 17.9 Å². The number of amides is 1. The molecular weight excluding hydrogens is 290 g/mol. The van der Waals surface area contributed by atoms with Crippen LogP contribution in [-0.4, -0.2) is 40.1 Å². The molecule has 1 aliphatic heterocycles. The number of carbonyl (C=O) groups excluding carboxylic acids is 1. The summed E-state index contributed by atoms with van der Waals surface area (Å²) in [6.45, 7) is 0.627. The molecule has 0 saturated carbocycles. The van der Waals surface area contributed by atoms with Gasteiger partial charge in [0.1, 0.15) is 5.75 Å². The Morgan fingerprint density at radius 1 is 1.50 bits per heavy atom. The lowest BCUT2D eigenvalue weighted by Gasteiger charge is -2.21. The minimum Gasteiger partial charge on any atom is -0.507 e. The van der Waals surface area contributed by atoms with E-state index in [9.17, 15) is 9.90 Å². The highest BCUT2D eigenvalue weighted by molar-refractivity contribution is 8.06. The summed E-state index contributed by atoms with van der Waals surface area (Å²) < 4.78 is 0. The number of hydrogen-bond donors (Lipinski definition) is 2. The van der Waals surface area contributed by atoms with Crippen LogP contribution >= 0.6 is 35.1 Å². The number of nitrogens with one attached hydrogen (secondary N) is 1. The van der Waals surface area contributed by atoms with E-state index in [2.05, 4.69) is 5.32 Å². The van der Waals surface area contributed by atoms with Crippen LogP contribution in [0.4, 0.5) is 0 Å². The molecule has 0 aromatic heterocycles. The molecule has 18 heavy (non-hydrogen) atoms. The van der Waals surface area contributed by atoms with Gasteiger partial charge < -0.3 is 10.4 Å². The zero-order valence-corrected chi connectivity index (χ0v) is 12.1. The molecule has 0 aliphatic carbocycles. The number of benzene rings is 1. The van der Waals surface area contributed by atoms with Crippen molar-refractivity contribution >= 4 is 41.0 Å². The van der Waals surface area contributed by atoms with E-state index in [0.29, 0.717) is 16.8 Å². The van der Waals surface area contributed by atoms with Crippen molar-refractivity contribution in [2.75, 3.05) is 23.8 Å². The molecule has 3 nitrogen and oxygen atoms in total. The van der Waals surface area contributed by atoms with Crippen molar-refractivity contribution in [1.82, 2.24) is 5.32 Å². The summed E-state index contributed by atoms with van der Waals surface area (Å²) in [6, 6.07) is 4.47. The molecule has 0 radical (unpaired) electrons. The highest BCUT2D eigenvalue weighted by atomic mass is 35.5. The summed E-state index contributed by atoms with van der Waals surface area (Å²) in [5.41, 5.74) is 0.232. The summed E-state index contributed by atoms with van der Waals surface area (Å²) in [6.07, 6.45) is 0. The van der Waals surface area contributed by atoms with Gasteiger partial charge in [-0.3, -0.25) is 4.79 Å².